The number of aryl methyl sites for hydroxylation is 2. The topological polar surface area (TPSA) is 76.7 Å². The summed E-state index contributed by atoms with van der Waals surface area (Å²) in [5.74, 6) is 1.09. The van der Waals surface area contributed by atoms with E-state index in [0.29, 0.717) is 34.5 Å². The molecule has 1 heterocycles. The van der Waals surface area contributed by atoms with E-state index in [1.165, 1.54) is 19.2 Å². The fourth-order valence-electron chi connectivity index (χ4n) is 2.10. The molecule has 2 aromatic rings. The molecule has 0 aliphatic carbocycles. The van der Waals surface area contributed by atoms with Crippen molar-refractivity contribution in [3.63, 3.8) is 0 Å². The van der Waals surface area contributed by atoms with Crippen LogP contribution in [0.5, 0.6) is 11.5 Å². The minimum absolute atomic E-state index is 0.0199. The molecule has 0 saturated heterocycles. The van der Waals surface area contributed by atoms with Crippen LogP contribution in [0.3, 0.4) is 0 Å². The van der Waals surface area contributed by atoms with Gasteiger partial charge in [-0.15, -0.1) is 0 Å². The highest BCUT2D eigenvalue weighted by Gasteiger charge is 2.17. The number of hydrogen-bond acceptors (Lipinski definition) is 5. The largest absolute Gasteiger partial charge is 0.507 e. The summed E-state index contributed by atoms with van der Waals surface area (Å²) in [6, 6.07) is 2.77. The second-order valence-electron chi connectivity index (χ2n) is 4.53. The van der Waals surface area contributed by atoms with Gasteiger partial charge in [0.25, 0.3) is 0 Å². The Bertz CT molecular complexity index is 732. The molecule has 6 heteroatoms. The second kappa shape index (κ2) is 5.66. The lowest BCUT2D eigenvalue weighted by Gasteiger charge is -2.11. The second-order valence-corrected chi connectivity index (χ2v) is 6.08. The average molecular weight is 296 g/mol. The lowest BCUT2D eigenvalue weighted by atomic mass is 10.1. The highest BCUT2D eigenvalue weighted by molar-refractivity contribution is 7.84. The van der Waals surface area contributed by atoms with E-state index in [2.05, 4.69) is 0 Å². The van der Waals surface area contributed by atoms with Crippen LogP contribution in [-0.2, 0) is 17.2 Å². The third kappa shape index (κ3) is 2.70. The standard InChI is InChI=1S/C14H16O5S/c1-8-6-11(16)13-12(18-2)7-10(15)9(14(13)19-8)4-5-20(3)17/h6-7,15H,4-5H2,1-3H3. The molecule has 0 radical (unpaired) electrons. The Morgan fingerprint density at radius 3 is 2.70 bits per heavy atom. The van der Waals surface area contributed by atoms with Gasteiger partial charge >= 0.3 is 0 Å². The number of benzene rings is 1. The van der Waals surface area contributed by atoms with Crippen LogP contribution >= 0.6 is 0 Å². The molecule has 1 aromatic heterocycles. The van der Waals surface area contributed by atoms with E-state index in [4.69, 9.17) is 9.15 Å². The van der Waals surface area contributed by atoms with Gasteiger partial charge in [0.1, 0.15) is 28.2 Å². The number of methoxy groups -OCH3 is 1. The highest BCUT2D eigenvalue weighted by Crippen LogP contribution is 2.34. The van der Waals surface area contributed by atoms with Gasteiger partial charge in [-0.3, -0.25) is 9.00 Å². The Morgan fingerprint density at radius 1 is 1.40 bits per heavy atom. The molecule has 0 fully saturated rings. The van der Waals surface area contributed by atoms with Crippen molar-refractivity contribution in [2.24, 2.45) is 0 Å². The minimum Gasteiger partial charge on any atom is -0.507 e. The van der Waals surface area contributed by atoms with Crippen LogP contribution in [-0.4, -0.2) is 28.4 Å². The number of aromatic hydroxyl groups is 1. The summed E-state index contributed by atoms with van der Waals surface area (Å²) in [5, 5.41) is 10.4. The Morgan fingerprint density at radius 2 is 2.10 bits per heavy atom. The van der Waals surface area contributed by atoms with Crippen molar-refractivity contribution < 1.29 is 18.5 Å². The van der Waals surface area contributed by atoms with Gasteiger partial charge in [-0.2, -0.15) is 0 Å². The van der Waals surface area contributed by atoms with Crippen LogP contribution in [0.1, 0.15) is 11.3 Å². The van der Waals surface area contributed by atoms with E-state index in [1.54, 1.807) is 13.2 Å². The van der Waals surface area contributed by atoms with E-state index in [-0.39, 0.29) is 16.9 Å². The third-order valence-corrected chi connectivity index (χ3v) is 3.81. The van der Waals surface area contributed by atoms with Crippen molar-refractivity contribution >= 4 is 21.8 Å². The van der Waals surface area contributed by atoms with E-state index < -0.39 is 10.8 Å². The van der Waals surface area contributed by atoms with E-state index in [9.17, 15) is 14.1 Å². The van der Waals surface area contributed by atoms with Crippen molar-refractivity contribution in [2.45, 2.75) is 13.3 Å². The minimum atomic E-state index is -0.997. The summed E-state index contributed by atoms with van der Waals surface area (Å²) in [4.78, 5) is 12.1. The fraction of sp³-hybridized carbons (Fsp3) is 0.357. The maximum absolute atomic E-state index is 12.1. The van der Waals surface area contributed by atoms with Crippen LogP contribution < -0.4 is 10.2 Å². The van der Waals surface area contributed by atoms with Gasteiger partial charge in [0, 0.05) is 40.5 Å². The first-order valence-electron chi connectivity index (χ1n) is 6.07. The zero-order valence-electron chi connectivity index (χ0n) is 11.6. The maximum atomic E-state index is 12.1. The Hall–Kier alpha value is -1.82. The molecule has 0 spiro atoms. The normalized spacial score (nSPS) is 12.6. The fourth-order valence-corrected chi connectivity index (χ4v) is 2.60. The average Bonchev–Trinajstić information content (AvgIpc) is 2.35. The summed E-state index contributed by atoms with van der Waals surface area (Å²) in [7, 11) is 0.428. The van der Waals surface area contributed by atoms with Crippen LogP contribution in [0.2, 0.25) is 0 Å². The number of ether oxygens (including phenoxy) is 1. The molecule has 1 unspecified atom stereocenters. The van der Waals surface area contributed by atoms with Gasteiger partial charge in [0.15, 0.2) is 5.43 Å². The molecule has 0 bridgehead atoms. The highest BCUT2D eigenvalue weighted by atomic mass is 32.2. The van der Waals surface area contributed by atoms with Gasteiger partial charge in [-0.05, 0) is 13.3 Å². The summed E-state index contributed by atoms with van der Waals surface area (Å²) < 4.78 is 22.0. The molecule has 2 rings (SSSR count). The first-order chi connectivity index (χ1) is 9.43. The van der Waals surface area contributed by atoms with E-state index in [0.717, 1.165) is 0 Å². The SMILES string of the molecule is COc1cc(O)c(CCS(C)=O)c2oc(C)cc(=O)c12. The summed E-state index contributed by atoms with van der Waals surface area (Å²) >= 11 is 0. The van der Waals surface area contributed by atoms with Crippen molar-refractivity contribution in [3.8, 4) is 11.5 Å². The summed E-state index contributed by atoms with van der Waals surface area (Å²) in [6.07, 6.45) is 1.95. The smallest absolute Gasteiger partial charge is 0.196 e. The third-order valence-electron chi connectivity index (χ3n) is 3.03. The monoisotopic (exact) mass is 296 g/mol. The zero-order chi connectivity index (χ0) is 14.9. The molecule has 0 aliphatic heterocycles. The number of rotatable bonds is 4. The van der Waals surface area contributed by atoms with Crippen LogP contribution in [0.25, 0.3) is 11.0 Å². The molecule has 20 heavy (non-hydrogen) atoms. The van der Waals surface area contributed by atoms with Crippen molar-refractivity contribution in [3.05, 3.63) is 33.7 Å². The number of fused-ring (bicyclic) bond motifs is 1. The first-order valence-corrected chi connectivity index (χ1v) is 7.80. The molecule has 1 aromatic carbocycles. The summed E-state index contributed by atoms with van der Waals surface area (Å²) in [6.45, 7) is 1.67. The maximum Gasteiger partial charge on any atom is 0.196 e. The molecule has 1 N–H and O–H groups in total. The molecule has 0 aliphatic rings. The molecular formula is C14H16O5S. The van der Waals surface area contributed by atoms with Gasteiger partial charge in [-0.25, -0.2) is 0 Å². The van der Waals surface area contributed by atoms with Crippen molar-refractivity contribution in [2.75, 3.05) is 19.1 Å². The van der Waals surface area contributed by atoms with Gasteiger partial charge in [-0.1, -0.05) is 0 Å². The van der Waals surface area contributed by atoms with Gasteiger partial charge in [0.05, 0.1) is 7.11 Å². The molecule has 108 valence electrons. The lowest BCUT2D eigenvalue weighted by Crippen LogP contribution is -2.06. The molecule has 1 atom stereocenters. The Balaban J connectivity index is 2.77. The Labute approximate surface area is 118 Å². The number of hydrogen-bond donors (Lipinski definition) is 1. The molecule has 5 nitrogen and oxygen atoms in total. The van der Waals surface area contributed by atoms with Crippen molar-refractivity contribution in [1.82, 2.24) is 0 Å². The lowest BCUT2D eigenvalue weighted by molar-refractivity contribution is 0.409. The van der Waals surface area contributed by atoms with Crippen LogP contribution in [0.4, 0.5) is 0 Å². The molecular weight excluding hydrogens is 280 g/mol. The number of phenols is 1. The Kier molecular flexibility index (Phi) is 4.13. The van der Waals surface area contributed by atoms with E-state index in [1.807, 2.05) is 0 Å². The predicted molar refractivity (Wildman–Crippen MR) is 78.1 cm³/mol. The van der Waals surface area contributed by atoms with Crippen LogP contribution in [0, 0.1) is 6.92 Å². The first kappa shape index (κ1) is 14.6. The molecule has 0 saturated carbocycles. The molecule has 0 amide bonds. The predicted octanol–water partition coefficient (Wildman–Crippen LogP) is 1.74. The van der Waals surface area contributed by atoms with Crippen LogP contribution in [0.15, 0.2) is 21.3 Å². The van der Waals surface area contributed by atoms with Crippen molar-refractivity contribution in [1.29, 1.82) is 0 Å². The van der Waals surface area contributed by atoms with Gasteiger partial charge in [0.2, 0.25) is 0 Å². The number of phenolic OH excluding ortho intramolecular Hbond substituents is 1. The zero-order valence-corrected chi connectivity index (χ0v) is 12.4. The van der Waals surface area contributed by atoms with Gasteiger partial charge < -0.3 is 14.3 Å². The quantitative estimate of drug-likeness (QED) is 0.930. The summed E-state index contributed by atoms with van der Waals surface area (Å²) in [5.41, 5.74) is 0.563. The van der Waals surface area contributed by atoms with E-state index >= 15 is 0 Å².